The third-order valence-corrected chi connectivity index (χ3v) is 4.37. The maximum absolute atomic E-state index is 4.15. The molecule has 0 amide bonds. The van der Waals surface area contributed by atoms with Crippen LogP contribution in [-0.2, 0) is 6.54 Å². The van der Waals surface area contributed by atoms with Crippen molar-refractivity contribution in [2.75, 3.05) is 13.1 Å². The zero-order chi connectivity index (χ0) is 10.7. The van der Waals surface area contributed by atoms with E-state index in [1.807, 2.05) is 18.5 Å². The van der Waals surface area contributed by atoms with Gasteiger partial charge in [-0.15, -0.1) is 0 Å². The van der Waals surface area contributed by atoms with Gasteiger partial charge in [0.2, 0.25) is 0 Å². The van der Waals surface area contributed by atoms with E-state index in [0.29, 0.717) is 4.83 Å². The fourth-order valence-corrected chi connectivity index (χ4v) is 2.47. The van der Waals surface area contributed by atoms with Gasteiger partial charge in [0.05, 0.1) is 0 Å². The van der Waals surface area contributed by atoms with E-state index in [4.69, 9.17) is 0 Å². The molecule has 1 aliphatic rings. The molecule has 82 valence electrons. The first-order valence-electron chi connectivity index (χ1n) is 5.51. The quantitative estimate of drug-likeness (QED) is 0.767. The van der Waals surface area contributed by atoms with Crippen molar-refractivity contribution in [3.05, 3.63) is 30.1 Å². The van der Waals surface area contributed by atoms with Crippen LogP contribution in [0, 0.1) is 5.92 Å². The Labute approximate surface area is 99.8 Å². The minimum Gasteiger partial charge on any atom is -0.299 e. The molecule has 3 heteroatoms. The molecule has 0 bridgehead atoms. The van der Waals surface area contributed by atoms with Crippen molar-refractivity contribution in [2.24, 2.45) is 5.92 Å². The largest absolute Gasteiger partial charge is 0.299 e. The zero-order valence-corrected chi connectivity index (χ0v) is 10.7. The first-order valence-corrected chi connectivity index (χ1v) is 6.42. The summed E-state index contributed by atoms with van der Waals surface area (Å²) in [6.45, 7) is 5.73. The molecule has 15 heavy (non-hydrogen) atoms. The maximum atomic E-state index is 4.15. The SMILES string of the molecule is CC1CN(Cc2cccnc2)CCC1Br. The number of nitrogens with zero attached hydrogens (tertiary/aromatic N) is 2. The molecule has 2 nitrogen and oxygen atoms in total. The molecule has 0 N–H and O–H groups in total. The Morgan fingerprint density at radius 3 is 3.13 bits per heavy atom. The summed E-state index contributed by atoms with van der Waals surface area (Å²) < 4.78 is 0. The number of halogens is 1. The number of aromatic nitrogens is 1. The lowest BCUT2D eigenvalue weighted by Gasteiger charge is -2.34. The lowest BCUT2D eigenvalue weighted by atomic mass is 10.00. The summed E-state index contributed by atoms with van der Waals surface area (Å²) in [5.74, 6) is 0.746. The molecule has 0 aromatic carbocycles. The number of hydrogen-bond donors (Lipinski definition) is 0. The van der Waals surface area contributed by atoms with E-state index in [-0.39, 0.29) is 0 Å². The summed E-state index contributed by atoms with van der Waals surface area (Å²) in [5, 5.41) is 0. The average Bonchev–Trinajstić information content (AvgIpc) is 2.25. The molecule has 1 aromatic heterocycles. The van der Waals surface area contributed by atoms with E-state index >= 15 is 0 Å². The van der Waals surface area contributed by atoms with Crippen LogP contribution in [0.25, 0.3) is 0 Å². The van der Waals surface area contributed by atoms with Crippen LogP contribution < -0.4 is 0 Å². The molecule has 2 unspecified atom stereocenters. The zero-order valence-electron chi connectivity index (χ0n) is 9.06. The van der Waals surface area contributed by atoms with Crippen molar-refractivity contribution in [3.8, 4) is 0 Å². The van der Waals surface area contributed by atoms with Crippen molar-refractivity contribution < 1.29 is 0 Å². The number of pyridine rings is 1. The fraction of sp³-hybridized carbons (Fsp3) is 0.583. The lowest BCUT2D eigenvalue weighted by molar-refractivity contribution is 0.183. The molecule has 2 heterocycles. The molecule has 0 spiro atoms. The van der Waals surface area contributed by atoms with E-state index in [2.05, 4.69) is 38.8 Å². The van der Waals surface area contributed by atoms with E-state index < -0.39 is 0 Å². The molecule has 0 saturated carbocycles. The average molecular weight is 269 g/mol. The van der Waals surface area contributed by atoms with E-state index in [1.54, 1.807) is 0 Å². The summed E-state index contributed by atoms with van der Waals surface area (Å²) in [4.78, 5) is 7.36. The van der Waals surface area contributed by atoms with Crippen LogP contribution in [-0.4, -0.2) is 27.8 Å². The van der Waals surface area contributed by atoms with E-state index in [0.717, 1.165) is 12.5 Å². The van der Waals surface area contributed by atoms with Gasteiger partial charge < -0.3 is 0 Å². The van der Waals surface area contributed by atoms with Crippen LogP contribution in [0.3, 0.4) is 0 Å². The Morgan fingerprint density at radius 1 is 1.60 bits per heavy atom. The Kier molecular flexibility index (Phi) is 3.76. The second kappa shape index (κ2) is 5.08. The van der Waals surface area contributed by atoms with Crippen LogP contribution in [0.1, 0.15) is 18.9 Å². The van der Waals surface area contributed by atoms with Gasteiger partial charge in [-0.3, -0.25) is 9.88 Å². The number of rotatable bonds is 2. The number of alkyl halides is 1. The normalized spacial score (nSPS) is 27.9. The second-order valence-corrected chi connectivity index (χ2v) is 5.55. The van der Waals surface area contributed by atoms with Crippen molar-refractivity contribution in [1.29, 1.82) is 0 Å². The van der Waals surface area contributed by atoms with Gasteiger partial charge >= 0.3 is 0 Å². The van der Waals surface area contributed by atoms with Crippen molar-refractivity contribution in [2.45, 2.75) is 24.7 Å². The van der Waals surface area contributed by atoms with Crippen LogP contribution >= 0.6 is 15.9 Å². The monoisotopic (exact) mass is 268 g/mol. The van der Waals surface area contributed by atoms with Gasteiger partial charge in [-0.05, 0) is 30.5 Å². The third kappa shape index (κ3) is 3.02. The van der Waals surface area contributed by atoms with Crippen LogP contribution in [0.4, 0.5) is 0 Å². The predicted molar refractivity (Wildman–Crippen MR) is 66.0 cm³/mol. The molecule has 1 saturated heterocycles. The number of hydrogen-bond acceptors (Lipinski definition) is 2. The molecular weight excluding hydrogens is 252 g/mol. The fourth-order valence-electron chi connectivity index (χ4n) is 2.10. The Bertz CT molecular complexity index is 302. The molecule has 0 aliphatic carbocycles. The van der Waals surface area contributed by atoms with Gasteiger partial charge in [0.25, 0.3) is 0 Å². The first kappa shape index (κ1) is 11.1. The smallest absolute Gasteiger partial charge is 0.0312 e. The summed E-state index contributed by atoms with van der Waals surface area (Å²) in [6.07, 6.45) is 5.04. The molecule has 0 radical (unpaired) electrons. The lowest BCUT2D eigenvalue weighted by Crippen LogP contribution is -2.39. The maximum Gasteiger partial charge on any atom is 0.0312 e. The van der Waals surface area contributed by atoms with Gasteiger partial charge in [0.1, 0.15) is 0 Å². The molecule has 1 fully saturated rings. The van der Waals surface area contributed by atoms with Gasteiger partial charge in [0, 0.05) is 30.3 Å². The molecule has 1 aliphatic heterocycles. The molecule has 1 aromatic rings. The number of piperidine rings is 1. The van der Waals surface area contributed by atoms with Crippen LogP contribution in [0.2, 0.25) is 0 Å². The number of likely N-dealkylation sites (tertiary alicyclic amines) is 1. The second-order valence-electron chi connectivity index (χ2n) is 4.38. The van der Waals surface area contributed by atoms with Gasteiger partial charge in [-0.2, -0.15) is 0 Å². The summed E-state index contributed by atoms with van der Waals surface area (Å²) >= 11 is 3.73. The molecule has 2 atom stereocenters. The standard InChI is InChI=1S/C12H17BrN2/c1-10-8-15(6-4-12(10)13)9-11-3-2-5-14-7-11/h2-3,5,7,10,12H,4,6,8-9H2,1H3. The minimum absolute atomic E-state index is 0.697. The minimum atomic E-state index is 0.697. The topological polar surface area (TPSA) is 16.1 Å². The Balaban J connectivity index is 1.91. The van der Waals surface area contributed by atoms with Gasteiger partial charge in [0.15, 0.2) is 0 Å². The highest BCUT2D eigenvalue weighted by molar-refractivity contribution is 9.09. The highest BCUT2D eigenvalue weighted by Crippen LogP contribution is 2.24. The van der Waals surface area contributed by atoms with E-state index in [1.165, 1.54) is 25.1 Å². The third-order valence-electron chi connectivity index (χ3n) is 3.01. The molecule has 2 rings (SSSR count). The summed E-state index contributed by atoms with van der Waals surface area (Å²) in [5.41, 5.74) is 1.32. The van der Waals surface area contributed by atoms with Gasteiger partial charge in [-0.1, -0.05) is 28.9 Å². The first-order chi connectivity index (χ1) is 7.25. The Morgan fingerprint density at radius 2 is 2.47 bits per heavy atom. The van der Waals surface area contributed by atoms with E-state index in [9.17, 15) is 0 Å². The van der Waals surface area contributed by atoms with Crippen LogP contribution in [0.5, 0.6) is 0 Å². The van der Waals surface area contributed by atoms with Crippen molar-refractivity contribution in [3.63, 3.8) is 0 Å². The van der Waals surface area contributed by atoms with Crippen molar-refractivity contribution >= 4 is 15.9 Å². The van der Waals surface area contributed by atoms with Crippen molar-refractivity contribution in [1.82, 2.24) is 9.88 Å². The Hall–Kier alpha value is -0.410. The molecular formula is C12H17BrN2. The highest BCUT2D eigenvalue weighted by atomic mass is 79.9. The summed E-state index contributed by atoms with van der Waals surface area (Å²) in [7, 11) is 0. The van der Waals surface area contributed by atoms with Crippen LogP contribution in [0.15, 0.2) is 24.5 Å². The highest BCUT2D eigenvalue weighted by Gasteiger charge is 2.23. The summed E-state index contributed by atoms with van der Waals surface area (Å²) in [6, 6.07) is 4.16. The van der Waals surface area contributed by atoms with Gasteiger partial charge in [-0.25, -0.2) is 0 Å². The predicted octanol–water partition coefficient (Wildman–Crippen LogP) is 2.69.